The van der Waals surface area contributed by atoms with Gasteiger partial charge in [0.2, 0.25) is 0 Å². The molecule has 3 nitrogen and oxygen atoms in total. The Morgan fingerprint density at radius 1 is 0.926 bits per heavy atom. The van der Waals surface area contributed by atoms with Crippen molar-refractivity contribution in [3.8, 4) is 0 Å². The van der Waals surface area contributed by atoms with Crippen LogP contribution in [-0.2, 0) is 23.3 Å². The van der Waals surface area contributed by atoms with Crippen molar-refractivity contribution in [3.05, 3.63) is 101 Å². The highest BCUT2D eigenvalue weighted by Crippen LogP contribution is 2.41. The van der Waals surface area contributed by atoms with Crippen LogP contribution in [0.25, 0.3) is 0 Å². The molecule has 0 saturated heterocycles. The minimum Gasteiger partial charge on any atom is -0.375 e. The third-order valence-electron chi connectivity index (χ3n) is 5.45. The number of nitrogens with one attached hydrogen (secondary N) is 1. The Balaban J connectivity index is 1.49. The fourth-order valence-corrected chi connectivity index (χ4v) is 4.11. The molecule has 0 aliphatic carbocycles. The summed E-state index contributed by atoms with van der Waals surface area (Å²) in [5, 5.41) is 3.53. The van der Waals surface area contributed by atoms with E-state index in [1.54, 1.807) is 0 Å². The van der Waals surface area contributed by atoms with Crippen LogP contribution >= 0.6 is 0 Å². The molecule has 2 heterocycles. The molecule has 3 heteroatoms. The zero-order valence-corrected chi connectivity index (χ0v) is 15.6. The third kappa shape index (κ3) is 3.95. The number of rotatable bonds is 7. The van der Waals surface area contributed by atoms with Crippen molar-refractivity contribution in [2.45, 2.75) is 31.4 Å². The summed E-state index contributed by atoms with van der Waals surface area (Å²) < 4.78 is 6.06. The van der Waals surface area contributed by atoms with Crippen LogP contribution in [0.5, 0.6) is 0 Å². The Labute approximate surface area is 161 Å². The quantitative estimate of drug-likeness (QED) is 0.633. The summed E-state index contributed by atoms with van der Waals surface area (Å²) in [4.78, 5) is 4.37. The summed E-state index contributed by atoms with van der Waals surface area (Å²) in [7, 11) is 0. The van der Waals surface area contributed by atoms with Gasteiger partial charge in [0.15, 0.2) is 0 Å². The number of hydrogen-bond donors (Lipinski definition) is 1. The molecule has 1 aliphatic heterocycles. The van der Waals surface area contributed by atoms with Crippen LogP contribution in [0.1, 0.15) is 35.2 Å². The van der Waals surface area contributed by atoms with Crippen molar-refractivity contribution in [3.63, 3.8) is 0 Å². The molecule has 2 aromatic carbocycles. The lowest BCUT2D eigenvalue weighted by molar-refractivity contribution is 0.0613. The van der Waals surface area contributed by atoms with Crippen molar-refractivity contribution in [2.75, 3.05) is 13.2 Å². The summed E-state index contributed by atoms with van der Waals surface area (Å²) in [6.07, 6.45) is 3.99. The van der Waals surface area contributed by atoms with Crippen LogP contribution in [0, 0.1) is 0 Å². The molecule has 0 saturated carbocycles. The first kappa shape index (κ1) is 17.9. The molecule has 1 atom stereocenters. The lowest BCUT2D eigenvalue weighted by Gasteiger charge is -2.40. The number of benzene rings is 2. The highest BCUT2D eigenvalue weighted by Gasteiger charge is 2.38. The smallest absolute Gasteiger partial charge is 0.0720 e. The molecule has 1 N–H and O–H groups in total. The minimum atomic E-state index is -0.0667. The van der Waals surface area contributed by atoms with Crippen molar-refractivity contribution in [1.29, 1.82) is 0 Å². The second kappa shape index (κ2) is 8.47. The Morgan fingerprint density at radius 3 is 2.59 bits per heavy atom. The largest absolute Gasteiger partial charge is 0.375 e. The van der Waals surface area contributed by atoms with Gasteiger partial charge in [-0.15, -0.1) is 0 Å². The summed E-state index contributed by atoms with van der Waals surface area (Å²) in [6.45, 7) is 3.23. The fraction of sp³-hybridized carbons (Fsp3) is 0.292. The summed E-state index contributed by atoms with van der Waals surface area (Å²) in [5.74, 6) is 0. The predicted molar refractivity (Wildman–Crippen MR) is 108 cm³/mol. The average Bonchev–Trinajstić information content (AvgIpc) is 2.75. The predicted octanol–water partition coefficient (Wildman–Crippen LogP) is 4.47. The van der Waals surface area contributed by atoms with Gasteiger partial charge in [0, 0.05) is 18.2 Å². The normalized spacial score (nSPS) is 18.8. The molecule has 1 unspecified atom stereocenters. The van der Waals surface area contributed by atoms with Gasteiger partial charge in [0.05, 0.1) is 18.9 Å². The Morgan fingerprint density at radius 2 is 1.74 bits per heavy atom. The Hall–Kier alpha value is -2.49. The zero-order valence-electron chi connectivity index (χ0n) is 15.6. The molecule has 0 amide bonds. The van der Waals surface area contributed by atoms with Gasteiger partial charge in [-0.3, -0.25) is 4.98 Å². The van der Waals surface area contributed by atoms with Gasteiger partial charge in [-0.25, -0.2) is 0 Å². The van der Waals surface area contributed by atoms with Crippen LogP contribution in [0.4, 0.5) is 0 Å². The zero-order chi connectivity index (χ0) is 18.4. The summed E-state index contributed by atoms with van der Waals surface area (Å²) >= 11 is 0. The molecule has 0 bridgehead atoms. The van der Waals surface area contributed by atoms with E-state index in [-0.39, 0.29) is 5.41 Å². The maximum Gasteiger partial charge on any atom is 0.0720 e. The summed E-state index contributed by atoms with van der Waals surface area (Å²) in [6, 6.07) is 25.6. The lowest BCUT2D eigenvalue weighted by Crippen LogP contribution is -2.38. The maximum absolute atomic E-state index is 6.06. The van der Waals surface area contributed by atoms with Gasteiger partial charge < -0.3 is 10.1 Å². The first-order chi connectivity index (χ1) is 13.4. The van der Waals surface area contributed by atoms with E-state index in [1.807, 2.05) is 18.3 Å². The van der Waals surface area contributed by atoms with E-state index in [4.69, 9.17) is 4.74 Å². The number of ether oxygens (including phenoxy) is 1. The van der Waals surface area contributed by atoms with Gasteiger partial charge in [0.25, 0.3) is 0 Å². The molecule has 0 radical (unpaired) electrons. The van der Waals surface area contributed by atoms with Gasteiger partial charge >= 0.3 is 0 Å². The Kier molecular flexibility index (Phi) is 5.61. The molecule has 1 aliphatic rings. The van der Waals surface area contributed by atoms with Crippen LogP contribution in [0.3, 0.4) is 0 Å². The van der Waals surface area contributed by atoms with Crippen LogP contribution in [0.2, 0.25) is 0 Å². The van der Waals surface area contributed by atoms with Gasteiger partial charge in [-0.05, 0) is 48.2 Å². The van der Waals surface area contributed by atoms with E-state index in [1.165, 1.54) is 16.7 Å². The van der Waals surface area contributed by atoms with E-state index in [9.17, 15) is 0 Å². The minimum absolute atomic E-state index is 0.0667. The molecule has 3 aromatic rings. The number of pyridine rings is 1. The van der Waals surface area contributed by atoms with E-state index in [2.05, 4.69) is 71.0 Å². The maximum atomic E-state index is 6.06. The van der Waals surface area contributed by atoms with Gasteiger partial charge in [0.1, 0.15) is 0 Å². The van der Waals surface area contributed by atoms with Gasteiger partial charge in [-0.2, -0.15) is 0 Å². The van der Waals surface area contributed by atoms with Crippen LogP contribution in [0.15, 0.2) is 79.0 Å². The van der Waals surface area contributed by atoms with Crippen LogP contribution < -0.4 is 5.32 Å². The van der Waals surface area contributed by atoms with Crippen molar-refractivity contribution < 1.29 is 4.74 Å². The molecule has 1 aromatic heterocycles. The molecule has 27 heavy (non-hydrogen) atoms. The van der Waals surface area contributed by atoms with E-state index in [0.29, 0.717) is 6.61 Å². The Bertz CT molecular complexity index is 851. The summed E-state index contributed by atoms with van der Waals surface area (Å²) in [5.41, 5.74) is 5.10. The fourth-order valence-electron chi connectivity index (χ4n) is 4.11. The number of fused-ring (bicyclic) bond motifs is 1. The van der Waals surface area contributed by atoms with E-state index < -0.39 is 0 Å². The third-order valence-corrected chi connectivity index (χ3v) is 5.45. The van der Waals surface area contributed by atoms with Crippen molar-refractivity contribution in [2.24, 2.45) is 0 Å². The topological polar surface area (TPSA) is 34.2 Å². The number of nitrogens with zero attached hydrogens (tertiary/aromatic N) is 1. The van der Waals surface area contributed by atoms with Crippen LogP contribution in [-0.4, -0.2) is 18.1 Å². The molecule has 138 valence electrons. The highest BCUT2D eigenvalue weighted by atomic mass is 16.5. The number of aromatic nitrogens is 1. The molecule has 4 rings (SSSR count). The monoisotopic (exact) mass is 358 g/mol. The second-order valence-electron chi connectivity index (χ2n) is 7.20. The van der Waals surface area contributed by atoms with E-state index in [0.717, 1.165) is 38.2 Å². The molecule has 0 fully saturated rings. The lowest BCUT2D eigenvalue weighted by atomic mass is 9.69. The highest BCUT2D eigenvalue weighted by molar-refractivity contribution is 5.45. The first-order valence-electron chi connectivity index (χ1n) is 9.71. The first-order valence-corrected chi connectivity index (χ1v) is 9.71. The number of hydrogen-bond acceptors (Lipinski definition) is 3. The molecular formula is C24H26N2O. The SMILES string of the molecule is c1ccc(C2(CCCNCc3ccccn3)COCc3ccccc32)cc1. The average molecular weight is 358 g/mol. The molecule has 0 spiro atoms. The standard InChI is InChI=1S/C24H26N2O/c1-2-10-21(11-3-1)24(19-27-18-20-9-4-5-13-23(20)24)14-8-15-25-17-22-12-6-7-16-26-22/h1-7,9-13,16,25H,8,14-15,17-19H2. The molecular weight excluding hydrogens is 332 g/mol. The second-order valence-corrected chi connectivity index (χ2v) is 7.20. The van der Waals surface area contributed by atoms with Crippen molar-refractivity contribution >= 4 is 0 Å². The van der Waals surface area contributed by atoms with Gasteiger partial charge in [-0.1, -0.05) is 60.7 Å². The van der Waals surface area contributed by atoms with E-state index >= 15 is 0 Å². The van der Waals surface area contributed by atoms with Crippen molar-refractivity contribution in [1.82, 2.24) is 10.3 Å².